The van der Waals surface area contributed by atoms with E-state index >= 15 is 0 Å². The van der Waals surface area contributed by atoms with Gasteiger partial charge in [-0.1, -0.05) is 60.7 Å². The van der Waals surface area contributed by atoms with Gasteiger partial charge in [0.25, 0.3) is 0 Å². The molecule has 0 spiro atoms. The van der Waals surface area contributed by atoms with Gasteiger partial charge in [0.05, 0.1) is 12.7 Å². The molecule has 3 rings (SSSR count). The molecule has 0 bridgehead atoms. The van der Waals surface area contributed by atoms with Crippen LogP contribution >= 0.6 is 0 Å². The van der Waals surface area contributed by atoms with E-state index < -0.39 is 0 Å². The van der Waals surface area contributed by atoms with Crippen molar-refractivity contribution in [3.8, 4) is 0 Å². The molecular weight excluding hydrogens is 234 g/mol. The third-order valence-corrected chi connectivity index (χ3v) is 3.65. The van der Waals surface area contributed by atoms with Crippen molar-refractivity contribution >= 4 is 0 Å². The van der Waals surface area contributed by atoms with E-state index in [0.29, 0.717) is 12.0 Å². The highest BCUT2D eigenvalue weighted by Gasteiger charge is 2.21. The van der Waals surface area contributed by atoms with Crippen LogP contribution in [-0.2, 0) is 4.74 Å². The minimum absolute atomic E-state index is 0.322. The number of hydrogen-bond donors (Lipinski definition) is 1. The minimum atomic E-state index is 0.322. The number of nitrogens with one attached hydrogen (secondary N) is 1. The second kappa shape index (κ2) is 6.00. The maximum atomic E-state index is 5.99. The monoisotopic (exact) mass is 253 g/mol. The van der Waals surface area contributed by atoms with Crippen LogP contribution in [0.25, 0.3) is 0 Å². The second-order valence-electron chi connectivity index (χ2n) is 4.99. The lowest BCUT2D eigenvalue weighted by atomic mass is 9.92. The first-order valence-electron chi connectivity index (χ1n) is 6.85. The number of hydrogen-bond acceptors (Lipinski definition) is 2. The highest BCUT2D eigenvalue weighted by Crippen LogP contribution is 2.25. The summed E-state index contributed by atoms with van der Waals surface area (Å²) in [5.41, 5.74) is 2.64. The molecule has 0 amide bonds. The van der Waals surface area contributed by atoms with Crippen molar-refractivity contribution in [2.75, 3.05) is 19.7 Å². The average Bonchev–Trinajstić information content (AvgIpc) is 2.43. The molecule has 0 aromatic heterocycles. The molecule has 1 saturated heterocycles. The van der Waals surface area contributed by atoms with Gasteiger partial charge in [-0.2, -0.15) is 0 Å². The fourth-order valence-electron chi connectivity index (χ4n) is 2.37. The Labute approximate surface area is 114 Å². The molecule has 2 aromatic rings. The first kappa shape index (κ1) is 12.4. The van der Waals surface area contributed by atoms with Crippen molar-refractivity contribution in [3.63, 3.8) is 0 Å². The first-order valence-corrected chi connectivity index (χ1v) is 6.85. The number of ether oxygens (including phenoxy) is 1. The molecule has 1 heterocycles. The lowest BCUT2D eigenvalue weighted by Crippen LogP contribution is -2.48. The smallest absolute Gasteiger partial charge is 0.0824 e. The van der Waals surface area contributed by atoms with Gasteiger partial charge < -0.3 is 10.1 Å². The van der Waals surface area contributed by atoms with Gasteiger partial charge >= 0.3 is 0 Å². The van der Waals surface area contributed by atoms with Crippen LogP contribution in [0.3, 0.4) is 0 Å². The van der Waals surface area contributed by atoms with Gasteiger partial charge in [-0.3, -0.25) is 0 Å². The molecule has 0 radical (unpaired) electrons. The highest BCUT2D eigenvalue weighted by molar-refractivity contribution is 5.32. The normalized spacial score (nSPS) is 15.4. The molecule has 1 aliphatic heterocycles. The zero-order chi connectivity index (χ0) is 12.9. The fourth-order valence-corrected chi connectivity index (χ4v) is 2.37. The van der Waals surface area contributed by atoms with Gasteiger partial charge in [0.1, 0.15) is 0 Å². The lowest BCUT2D eigenvalue weighted by molar-refractivity contribution is 0.0151. The molecule has 98 valence electrons. The van der Waals surface area contributed by atoms with E-state index in [2.05, 4.69) is 66.0 Å². The van der Waals surface area contributed by atoms with Crippen molar-refractivity contribution in [1.82, 2.24) is 5.32 Å². The van der Waals surface area contributed by atoms with Gasteiger partial charge in [0.15, 0.2) is 0 Å². The standard InChI is InChI=1S/C17H19NO/c1-3-7-14(8-4-1)17(13-19-16-11-18-12-16)15-9-5-2-6-10-15/h1-10,16-18H,11-13H2. The largest absolute Gasteiger partial charge is 0.375 e. The molecule has 0 unspecified atom stereocenters. The van der Waals surface area contributed by atoms with Crippen LogP contribution in [0.1, 0.15) is 17.0 Å². The van der Waals surface area contributed by atoms with Crippen LogP contribution in [0.15, 0.2) is 60.7 Å². The Kier molecular flexibility index (Phi) is 3.92. The Bertz CT molecular complexity index is 454. The summed E-state index contributed by atoms with van der Waals surface area (Å²) in [5, 5.41) is 3.24. The SMILES string of the molecule is c1ccc(C(COC2CNC2)c2ccccc2)cc1. The van der Waals surface area contributed by atoms with E-state index in [9.17, 15) is 0 Å². The van der Waals surface area contributed by atoms with Crippen molar-refractivity contribution in [3.05, 3.63) is 71.8 Å². The van der Waals surface area contributed by atoms with Gasteiger partial charge in [-0.05, 0) is 11.1 Å². The first-order chi connectivity index (χ1) is 9.43. The van der Waals surface area contributed by atoms with Crippen molar-refractivity contribution < 1.29 is 4.74 Å². The van der Waals surface area contributed by atoms with Crippen molar-refractivity contribution in [2.24, 2.45) is 0 Å². The topological polar surface area (TPSA) is 21.3 Å². The maximum Gasteiger partial charge on any atom is 0.0824 e. The summed E-state index contributed by atoms with van der Waals surface area (Å²) in [4.78, 5) is 0. The summed E-state index contributed by atoms with van der Waals surface area (Å²) >= 11 is 0. The lowest BCUT2D eigenvalue weighted by Gasteiger charge is -2.29. The highest BCUT2D eigenvalue weighted by atomic mass is 16.5. The van der Waals surface area contributed by atoms with Gasteiger partial charge in [-0.25, -0.2) is 0 Å². The van der Waals surface area contributed by atoms with E-state index in [0.717, 1.165) is 19.7 Å². The molecular formula is C17H19NO. The predicted octanol–water partition coefficient (Wildman–Crippen LogP) is 2.81. The number of rotatable bonds is 5. The summed E-state index contributed by atoms with van der Waals surface area (Å²) in [6.45, 7) is 2.72. The van der Waals surface area contributed by atoms with Crippen LogP contribution in [0.5, 0.6) is 0 Å². The molecule has 0 saturated carbocycles. The Hall–Kier alpha value is -1.64. The molecule has 0 atom stereocenters. The molecule has 19 heavy (non-hydrogen) atoms. The number of benzene rings is 2. The second-order valence-corrected chi connectivity index (χ2v) is 4.99. The molecule has 2 heteroatoms. The van der Waals surface area contributed by atoms with E-state index in [1.54, 1.807) is 0 Å². The van der Waals surface area contributed by atoms with E-state index in [4.69, 9.17) is 4.74 Å². The third-order valence-electron chi connectivity index (χ3n) is 3.65. The summed E-state index contributed by atoms with van der Waals surface area (Å²) < 4.78 is 5.99. The quantitative estimate of drug-likeness (QED) is 0.884. The predicted molar refractivity (Wildman–Crippen MR) is 77.3 cm³/mol. The Morgan fingerprint density at radius 1 is 0.895 bits per heavy atom. The van der Waals surface area contributed by atoms with Crippen LogP contribution in [0.2, 0.25) is 0 Å². The third kappa shape index (κ3) is 3.03. The Morgan fingerprint density at radius 2 is 1.42 bits per heavy atom. The molecule has 1 N–H and O–H groups in total. The summed E-state index contributed by atoms with van der Waals surface area (Å²) in [7, 11) is 0. The molecule has 0 aliphatic carbocycles. The molecule has 2 aromatic carbocycles. The molecule has 2 nitrogen and oxygen atoms in total. The van der Waals surface area contributed by atoms with E-state index in [1.807, 2.05) is 0 Å². The van der Waals surface area contributed by atoms with Crippen LogP contribution in [0, 0.1) is 0 Å². The fraction of sp³-hybridized carbons (Fsp3) is 0.294. The molecule has 1 fully saturated rings. The minimum Gasteiger partial charge on any atom is -0.375 e. The maximum absolute atomic E-state index is 5.99. The van der Waals surface area contributed by atoms with Crippen molar-refractivity contribution in [1.29, 1.82) is 0 Å². The Balaban J connectivity index is 1.78. The van der Waals surface area contributed by atoms with E-state index in [1.165, 1.54) is 11.1 Å². The Morgan fingerprint density at radius 3 is 1.84 bits per heavy atom. The zero-order valence-electron chi connectivity index (χ0n) is 11.0. The van der Waals surface area contributed by atoms with Gasteiger partial charge in [0.2, 0.25) is 0 Å². The van der Waals surface area contributed by atoms with Crippen LogP contribution in [0.4, 0.5) is 0 Å². The van der Waals surface area contributed by atoms with Crippen LogP contribution < -0.4 is 5.32 Å². The summed E-state index contributed by atoms with van der Waals surface area (Å²) in [6, 6.07) is 21.2. The van der Waals surface area contributed by atoms with Gasteiger partial charge in [-0.15, -0.1) is 0 Å². The summed E-state index contributed by atoms with van der Waals surface area (Å²) in [5.74, 6) is 0.322. The molecule has 1 aliphatic rings. The average molecular weight is 253 g/mol. The summed E-state index contributed by atoms with van der Waals surface area (Å²) in [6.07, 6.45) is 0.384. The van der Waals surface area contributed by atoms with Crippen molar-refractivity contribution in [2.45, 2.75) is 12.0 Å². The van der Waals surface area contributed by atoms with E-state index in [-0.39, 0.29) is 0 Å². The van der Waals surface area contributed by atoms with Gasteiger partial charge in [0, 0.05) is 19.0 Å². The zero-order valence-corrected chi connectivity index (χ0v) is 11.0. The van der Waals surface area contributed by atoms with Crippen LogP contribution in [-0.4, -0.2) is 25.8 Å².